The van der Waals surface area contributed by atoms with Crippen molar-refractivity contribution in [3.05, 3.63) is 62.6 Å². The Labute approximate surface area is 204 Å². The molecule has 0 bridgehead atoms. The number of aromatic nitrogens is 3. The number of hydrogen-bond acceptors (Lipinski definition) is 7. The Morgan fingerprint density at radius 3 is 2.67 bits per heavy atom. The number of anilines is 2. The van der Waals surface area contributed by atoms with Crippen LogP contribution in [0.4, 0.5) is 24.8 Å². The van der Waals surface area contributed by atoms with Gasteiger partial charge in [0.25, 0.3) is 5.95 Å². The predicted molar refractivity (Wildman–Crippen MR) is 124 cm³/mol. The van der Waals surface area contributed by atoms with Crippen molar-refractivity contribution in [2.45, 2.75) is 11.3 Å². The van der Waals surface area contributed by atoms with Gasteiger partial charge in [0.1, 0.15) is 0 Å². The molecule has 4 N–H and O–H groups in total. The summed E-state index contributed by atoms with van der Waals surface area (Å²) in [6.45, 7) is 0. The second kappa shape index (κ2) is 10.5. The van der Waals surface area contributed by atoms with Crippen LogP contribution < -0.4 is 16.6 Å². The van der Waals surface area contributed by atoms with E-state index in [0.717, 1.165) is 28.6 Å². The number of amides is 1. The van der Waals surface area contributed by atoms with Crippen LogP contribution in [0.3, 0.4) is 0 Å². The van der Waals surface area contributed by atoms with E-state index in [1.54, 1.807) is 18.2 Å². The Bertz CT molecular complexity index is 1200. The zero-order valence-electron chi connectivity index (χ0n) is 16.2. The zero-order chi connectivity index (χ0) is 24.2. The molecule has 0 aliphatic heterocycles. The molecule has 3 rings (SSSR count). The highest BCUT2D eigenvalue weighted by molar-refractivity contribution is 7.99. The van der Waals surface area contributed by atoms with Crippen molar-refractivity contribution >= 4 is 70.3 Å². The molecular weight excluding hydrogens is 526 g/mol. The molecule has 1 aromatic heterocycles. The van der Waals surface area contributed by atoms with Crippen LogP contribution in [0.15, 0.2) is 46.7 Å². The third-order valence-electron chi connectivity index (χ3n) is 3.90. The molecule has 0 saturated carbocycles. The third kappa shape index (κ3) is 6.44. The highest BCUT2D eigenvalue weighted by atomic mass is 35.5. The van der Waals surface area contributed by atoms with Crippen LogP contribution in [0.25, 0.3) is 0 Å². The molecule has 0 fully saturated rings. The Balaban J connectivity index is 1.58. The number of nitrogen functional groups attached to an aromatic ring is 1. The number of nitrogens with two attached hydrogens (primary N) is 1. The van der Waals surface area contributed by atoms with Crippen LogP contribution in [-0.2, 0) is 11.0 Å². The van der Waals surface area contributed by atoms with Gasteiger partial charge in [0.05, 0.1) is 32.6 Å². The van der Waals surface area contributed by atoms with E-state index in [9.17, 15) is 18.0 Å². The number of hydrazone groups is 1. The highest BCUT2D eigenvalue weighted by Crippen LogP contribution is 2.36. The first kappa shape index (κ1) is 25.0. The van der Waals surface area contributed by atoms with Crippen LogP contribution in [0.1, 0.15) is 11.1 Å². The Kier molecular flexibility index (Phi) is 7.95. The SMILES string of the molecule is Nn1c(N/N=C/c2cccc(Cl)c2Cl)nnc1SCC(=O)Nc1ccc(Cl)c(C(F)(F)F)c1. The lowest BCUT2D eigenvalue weighted by Gasteiger charge is -2.11. The minimum atomic E-state index is -4.65. The molecule has 1 amide bonds. The van der Waals surface area contributed by atoms with E-state index in [1.807, 2.05) is 0 Å². The van der Waals surface area contributed by atoms with Gasteiger partial charge in [0, 0.05) is 11.3 Å². The number of carbonyl (C=O) groups excluding carboxylic acids is 1. The summed E-state index contributed by atoms with van der Waals surface area (Å²) in [6.07, 6.45) is -3.24. The quantitative estimate of drug-likeness (QED) is 0.166. The third-order valence-corrected chi connectivity index (χ3v) is 6.01. The van der Waals surface area contributed by atoms with Crippen LogP contribution in [0.5, 0.6) is 0 Å². The second-order valence-corrected chi connectivity index (χ2v) is 8.35. The van der Waals surface area contributed by atoms with Crippen molar-refractivity contribution in [1.29, 1.82) is 0 Å². The smallest absolute Gasteiger partial charge is 0.334 e. The number of thioether (sulfide) groups is 1. The van der Waals surface area contributed by atoms with Gasteiger partial charge in [-0.3, -0.25) is 4.79 Å². The first-order chi connectivity index (χ1) is 15.6. The van der Waals surface area contributed by atoms with Gasteiger partial charge in [0.15, 0.2) is 0 Å². The van der Waals surface area contributed by atoms with Gasteiger partial charge in [0.2, 0.25) is 11.1 Å². The summed E-state index contributed by atoms with van der Waals surface area (Å²) in [5, 5.41) is 14.4. The van der Waals surface area contributed by atoms with E-state index in [2.05, 4.69) is 26.0 Å². The number of alkyl halides is 3. The van der Waals surface area contributed by atoms with E-state index < -0.39 is 22.7 Å². The molecule has 174 valence electrons. The average molecular weight is 539 g/mol. The maximum atomic E-state index is 12.9. The number of benzene rings is 2. The summed E-state index contributed by atoms with van der Waals surface area (Å²) in [5.74, 6) is 5.17. The fourth-order valence-electron chi connectivity index (χ4n) is 2.38. The maximum absolute atomic E-state index is 12.9. The summed E-state index contributed by atoms with van der Waals surface area (Å²) < 4.78 is 39.9. The number of rotatable bonds is 7. The van der Waals surface area contributed by atoms with Crippen molar-refractivity contribution in [2.75, 3.05) is 22.3 Å². The van der Waals surface area contributed by atoms with Crippen molar-refractivity contribution < 1.29 is 18.0 Å². The lowest BCUT2D eigenvalue weighted by molar-refractivity contribution is -0.137. The largest absolute Gasteiger partial charge is 0.417 e. The lowest BCUT2D eigenvalue weighted by Crippen LogP contribution is -2.17. The topological polar surface area (TPSA) is 110 Å². The first-order valence-corrected chi connectivity index (χ1v) is 10.9. The number of nitrogens with zero attached hydrogens (tertiary/aromatic N) is 4. The fourth-order valence-corrected chi connectivity index (χ4v) is 3.62. The van der Waals surface area contributed by atoms with Gasteiger partial charge in [-0.05, 0) is 24.3 Å². The van der Waals surface area contributed by atoms with Crippen molar-refractivity contribution in [2.24, 2.45) is 5.10 Å². The van der Waals surface area contributed by atoms with Crippen LogP contribution in [0.2, 0.25) is 15.1 Å². The molecule has 0 aliphatic rings. The molecule has 15 heteroatoms. The van der Waals surface area contributed by atoms with Gasteiger partial charge in [-0.15, -0.1) is 10.2 Å². The zero-order valence-corrected chi connectivity index (χ0v) is 19.3. The molecule has 0 saturated heterocycles. The molecule has 0 spiro atoms. The van der Waals surface area contributed by atoms with Crippen molar-refractivity contribution in [1.82, 2.24) is 14.9 Å². The van der Waals surface area contributed by atoms with Gasteiger partial charge in [-0.2, -0.15) is 18.3 Å². The minimum Gasteiger partial charge on any atom is -0.334 e. The van der Waals surface area contributed by atoms with Crippen molar-refractivity contribution in [3.8, 4) is 0 Å². The Hall–Kier alpha value is -2.67. The summed E-state index contributed by atoms with van der Waals surface area (Å²) in [4.78, 5) is 12.1. The van der Waals surface area contributed by atoms with Gasteiger partial charge >= 0.3 is 6.18 Å². The van der Waals surface area contributed by atoms with Gasteiger partial charge in [-0.1, -0.05) is 58.7 Å². The maximum Gasteiger partial charge on any atom is 0.417 e. The predicted octanol–water partition coefficient (Wildman–Crippen LogP) is 5.15. The standard InChI is InChI=1S/C18H13Cl3F3N7OS/c19-12-5-4-10(6-11(12)18(22,23)24)27-14(32)8-33-17-30-29-16(31(17)25)28-26-7-9-2-1-3-13(20)15(9)21/h1-7H,8,25H2,(H,27,32)(H,28,29)/b26-7+. The second-order valence-electron chi connectivity index (χ2n) is 6.22. The monoisotopic (exact) mass is 537 g/mol. The summed E-state index contributed by atoms with van der Waals surface area (Å²) in [6, 6.07) is 8.10. The molecule has 0 atom stereocenters. The van der Waals surface area contributed by atoms with Crippen LogP contribution >= 0.6 is 46.6 Å². The van der Waals surface area contributed by atoms with E-state index in [4.69, 9.17) is 40.6 Å². The molecule has 0 radical (unpaired) electrons. The summed E-state index contributed by atoms with van der Waals surface area (Å²) in [5.41, 5.74) is 2.04. The van der Waals surface area contributed by atoms with E-state index >= 15 is 0 Å². The summed E-state index contributed by atoms with van der Waals surface area (Å²) in [7, 11) is 0. The molecule has 1 heterocycles. The average Bonchev–Trinajstić information content (AvgIpc) is 3.10. The number of halogens is 6. The lowest BCUT2D eigenvalue weighted by atomic mass is 10.2. The molecular formula is C18H13Cl3F3N7OS. The van der Waals surface area contributed by atoms with E-state index in [-0.39, 0.29) is 22.5 Å². The van der Waals surface area contributed by atoms with E-state index in [0.29, 0.717) is 15.6 Å². The highest BCUT2D eigenvalue weighted by Gasteiger charge is 2.33. The number of carbonyl (C=O) groups is 1. The summed E-state index contributed by atoms with van der Waals surface area (Å²) >= 11 is 18.5. The van der Waals surface area contributed by atoms with Crippen LogP contribution in [-0.4, -0.2) is 32.7 Å². The number of nitrogens with one attached hydrogen (secondary N) is 2. The molecule has 0 unspecified atom stereocenters. The molecule has 33 heavy (non-hydrogen) atoms. The van der Waals surface area contributed by atoms with Gasteiger partial charge in [-0.25, -0.2) is 10.1 Å². The number of hydrogen-bond donors (Lipinski definition) is 3. The van der Waals surface area contributed by atoms with E-state index in [1.165, 1.54) is 12.3 Å². The van der Waals surface area contributed by atoms with Crippen molar-refractivity contribution in [3.63, 3.8) is 0 Å². The Morgan fingerprint density at radius 2 is 1.94 bits per heavy atom. The molecule has 3 aromatic rings. The molecule has 8 nitrogen and oxygen atoms in total. The van der Waals surface area contributed by atoms with Crippen LogP contribution in [0, 0.1) is 0 Å². The normalized spacial score (nSPS) is 11.7. The molecule has 2 aromatic carbocycles. The fraction of sp³-hybridized carbons (Fsp3) is 0.111. The Morgan fingerprint density at radius 1 is 1.18 bits per heavy atom. The van der Waals surface area contributed by atoms with Gasteiger partial charge < -0.3 is 11.2 Å². The molecule has 0 aliphatic carbocycles. The minimum absolute atomic E-state index is 0.0529. The first-order valence-electron chi connectivity index (χ1n) is 8.79.